The van der Waals surface area contributed by atoms with Crippen LogP contribution in [0.25, 0.3) is 10.9 Å². The maximum absolute atomic E-state index is 9.37. The zero-order valence-corrected chi connectivity index (χ0v) is 6.23. The minimum atomic E-state index is 0.0826. The fraction of sp³-hybridized carbons (Fsp3) is 0. The predicted octanol–water partition coefficient (Wildman–Crippen LogP) is 0.0379. The molecule has 0 saturated heterocycles. The average molecular weight is 164 g/mol. The molecule has 5 N–H and O–H groups in total. The van der Waals surface area contributed by atoms with Crippen molar-refractivity contribution in [3.8, 4) is 5.75 Å². The molecular weight excluding hydrogens is 156 g/mol. The van der Waals surface area contributed by atoms with Crippen molar-refractivity contribution in [2.24, 2.45) is 0 Å². The van der Waals surface area contributed by atoms with Crippen LogP contribution in [0.2, 0.25) is 0 Å². The van der Waals surface area contributed by atoms with Crippen LogP contribution >= 0.6 is 0 Å². The highest BCUT2D eigenvalue weighted by Crippen LogP contribution is 2.27. The Balaban J connectivity index is 2.98. The fourth-order valence-electron chi connectivity index (χ4n) is 1.17. The molecule has 0 aliphatic heterocycles. The van der Waals surface area contributed by atoms with Gasteiger partial charge in [0.15, 0.2) is 0 Å². The Morgan fingerprint density at radius 3 is 2.83 bits per heavy atom. The molecule has 1 aromatic carbocycles. The standard InChI is InChI=1S/C7H8N4O/c8-5-1-2-6(12)7-4(5)3-10-11(7)9/h1-3,12H,8-9H2. The van der Waals surface area contributed by atoms with Gasteiger partial charge in [-0.1, -0.05) is 0 Å². The molecule has 0 atom stereocenters. The van der Waals surface area contributed by atoms with Crippen LogP contribution < -0.4 is 11.6 Å². The number of anilines is 1. The van der Waals surface area contributed by atoms with Gasteiger partial charge in [-0.05, 0) is 12.1 Å². The second kappa shape index (κ2) is 2.04. The summed E-state index contributed by atoms with van der Waals surface area (Å²) >= 11 is 0. The van der Waals surface area contributed by atoms with Crippen molar-refractivity contribution in [3.63, 3.8) is 0 Å². The highest BCUT2D eigenvalue weighted by atomic mass is 16.3. The van der Waals surface area contributed by atoms with Crippen molar-refractivity contribution >= 4 is 16.6 Å². The maximum Gasteiger partial charge on any atom is 0.143 e. The van der Waals surface area contributed by atoms with E-state index in [0.717, 1.165) is 4.79 Å². The number of fused-ring (bicyclic) bond motifs is 1. The van der Waals surface area contributed by atoms with E-state index in [1.165, 1.54) is 12.3 Å². The molecule has 0 spiro atoms. The van der Waals surface area contributed by atoms with Gasteiger partial charge < -0.3 is 16.7 Å². The van der Waals surface area contributed by atoms with E-state index in [2.05, 4.69) is 5.10 Å². The summed E-state index contributed by atoms with van der Waals surface area (Å²) in [4.78, 5) is 1.10. The second-order valence-electron chi connectivity index (χ2n) is 2.53. The minimum absolute atomic E-state index is 0.0826. The minimum Gasteiger partial charge on any atom is -0.506 e. The van der Waals surface area contributed by atoms with E-state index in [4.69, 9.17) is 11.6 Å². The number of hydrogen-bond donors (Lipinski definition) is 3. The number of aromatic hydroxyl groups is 1. The zero-order valence-electron chi connectivity index (χ0n) is 6.23. The lowest BCUT2D eigenvalue weighted by atomic mass is 10.2. The highest BCUT2D eigenvalue weighted by Gasteiger charge is 2.07. The lowest BCUT2D eigenvalue weighted by Crippen LogP contribution is -2.09. The molecule has 0 fully saturated rings. The Hall–Kier alpha value is -1.91. The summed E-state index contributed by atoms with van der Waals surface area (Å²) in [5.41, 5.74) is 6.63. The Morgan fingerprint density at radius 2 is 2.17 bits per heavy atom. The van der Waals surface area contributed by atoms with E-state index < -0.39 is 0 Å². The number of rotatable bonds is 0. The first kappa shape index (κ1) is 6.78. The molecule has 0 aliphatic carbocycles. The van der Waals surface area contributed by atoms with Crippen LogP contribution in [0.5, 0.6) is 5.75 Å². The molecular formula is C7H8N4O. The van der Waals surface area contributed by atoms with E-state index in [1.807, 2.05) is 0 Å². The lowest BCUT2D eigenvalue weighted by molar-refractivity contribution is 0.478. The Morgan fingerprint density at radius 1 is 1.42 bits per heavy atom. The number of nitrogens with zero attached hydrogens (tertiary/aromatic N) is 2. The first-order chi connectivity index (χ1) is 5.70. The van der Waals surface area contributed by atoms with E-state index in [9.17, 15) is 5.11 Å². The van der Waals surface area contributed by atoms with Gasteiger partial charge in [0, 0.05) is 11.1 Å². The molecule has 1 heterocycles. The molecule has 0 aliphatic rings. The van der Waals surface area contributed by atoms with Gasteiger partial charge in [-0.15, -0.1) is 0 Å². The Labute approximate surface area is 68.2 Å². The molecule has 5 nitrogen and oxygen atoms in total. The number of hydrogen-bond acceptors (Lipinski definition) is 4. The van der Waals surface area contributed by atoms with E-state index in [0.29, 0.717) is 16.6 Å². The van der Waals surface area contributed by atoms with Crippen molar-refractivity contribution < 1.29 is 5.11 Å². The summed E-state index contributed by atoms with van der Waals surface area (Å²) in [6.45, 7) is 0. The van der Waals surface area contributed by atoms with E-state index in [1.54, 1.807) is 6.07 Å². The third-order valence-corrected chi connectivity index (χ3v) is 1.77. The van der Waals surface area contributed by atoms with E-state index in [-0.39, 0.29) is 5.75 Å². The van der Waals surface area contributed by atoms with Gasteiger partial charge >= 0.3 is 0 Å². The van der Waals surface area contributed by atoms with Crippen LogP contribution in [0.1, 0.15) is 0 Å². The molecule has 0 saturated carbocycles. The molecule has 62 valence electrons. The third kappa shape index (κ3) is 0.701. The SMILES string of the molecule is Nc1ccc(O)c2c1cnn2N. The van der Waals surface area contributed by atoms with Crippen LogP contribution in [0.4, 0.5) is 5.69 Å². The molecule has 2 rings (SSSR count). The van der Waals surface area contributed by atoms with Gasteiger partial charge in [0.2, 0.25) is 0 Å². The van der Waals surface area contributed by atoms with E-state index >= 15 is 0 Å². The van der Waals surface area contributed by atoms with Gasteiger partial charge in [-0.2, -0.15) is 9.89 Å². The van der Waals surface area contributed by atoms with Crippen LogP contribution in [0.3, 0.4) is 0 Å². The van der Waals surface area contributed by atoms with Crippen molar-refractivity contribution in [1.82, 2.24) is 9.89 Å². The van der Waals surface area contributed by atoms with Crippen molar-refractivity contribution in [1.29, 1.82) is 0 Å². The first-order valence-electron chi connectivity index (χ1n) is 3.40. The largest absolute Gasteiger partial charge is 0.506 e. The molecule has 0 bridgehead atoms. The van der Waals surface area contributed by atoms with Gasteiger partial charge in [-0.3, -0.25) is 0 Å². The molecule has 0 amide bonds. The summed E-state index contributed by atoms with van der Waals surface area (Å²) in [7, 11) is 0. The summed E-state index contributed by atoms with van der Waals surface area (Å²) in [6, 6.07) is 3.10. The lowest BCUT2D eigenvalue weighted by Gasteiger charge is -1.99. The average Bonchev–Trinajstić information content (AvgIpc) is 2.42. The normalized spacial score (nSPS) is 10.7. The molecule has 2 aromatic rings. The van der Waals surface area contributed by atoms with Crippen LogP contribution in [-0.2, 0) is 0 Å². The van der Waals surface area contributed by atoms with Gasteiger partial charge in [0.1, 0.15) is 11.3 Å². The zero-order chi connectivity index (χ0) is 8.72. The van der Waals surface area contributed by atoms with Gasteiger partial charge in [0.05, 0.1) is 6.20 Å². The van der Waals surface area contributed by atoms with Gasteiger partial charge in [0.25, 0.3) is 0 Å². The molecule has 12 heavy (non-hydrogen) atoms. The smallest absolute Gasteiger partial charge is 0.143 e. The van der Waals surface area contributed by atoms with Crippen molar-refractivity contribution in [3.05, 3.63) is 18.3 Å². The molecule has 1 aromatic heterocycles. The number of benzene rings is 1. The summed E-state index contributed by atoms with van der Waals surface area (Å²) in [5, 5.41) is 13.8. The third-order valence-electron chi connectivity index (χ3n) is 1.77. The highest BCUT2D eigenvalue weighted by molar-refractivity contribution is 5.94. The predicted molar refractivity (Wildman–Crippen MR) is 46.0 cm³/mol. The quantitative estimate of drug-likeness (QED) is 0.291. The first-order valence-corrected chi connectivity index (χ1v) is 3.40. The molecule has 0 radical (unpaired) electrons. The molecule has 5 heteroatoms. The second-order valence-corrected chi connectivity index (χ2v) is 2.53. The van der Waals surface area contributed by atoms with Crippen LogP contribution in [0, 0.1) is 0 Å². The number of phenols is 1. The monoisotopic (exact) mass is 164 g/mol. The number of nitrogens with two attached hydrogens (primary N) is 2. The summed E-state index contributed by atoms with van der Waals surface area (Å²) < 4.78 is 0. The Kier molecular flexibility index (Phi) is 1.15. The number of aromatic nitrogens is 2. The van der Waals surface area contributed by atoms with Crippen LogP contribution in [-0.4, -0.2) is 15.0 Å². The topological polar surface area (TPSA) is 90.1 Å². The number of phenolic OH excluding ortho intramolecular Hbond substituents is 1. The Bertz CT molecular complexity index is 434. The summed E-state index contributed by atoms with van der Waals surface area (Å²) in [6.07, 6.45) is 1.52. The van der Waals surface area contributed by atoms with Gasteiger partial charge in [-0.25, -0.2) is 0 Å². The number of nitrogen functional groups attached to an aromatic ring is 2. The molecule has 0 unspecified atom stereocenters. The van der Waals surface area contributed by atoms with Crippen LogP contribution in [0.15, 0.2) is 18.3 Å². The van der Waals surface area contributed by atoms with Crippen molar-refractivity contribution in [2.45, 2.75) is 0 Å². The maximum atomic E-state index is 9.37. The fourth-order valence-corrected chi connectivity index (χ4v) is 1.17. The summed E-state index contributed by atoms with van der Waals surface area (Å²) in [5.74, 6) is 5.52. The van der Waals surface area contributed by atoms with Crippen molar-refractivity contribution in [2.75, 3.05) is 11.6 Å².